The van der Waals surface area contributed by atoms with Gasteiger partial charge in [-0.2, -0.15) is 5.10 Å². The van der Waals surface area contributed by atoms with Gasteiger partial charge < -0.3 is 40.6 Å². The smallest absolute Gasteiger partial charge is 0.328 e. The lowest BCUT2D eigenvalue weighted by Crippen LogP contribution is -2.45. The lowest BCUT2D eigenvalue weighted by molar-refractivity contribution is -0.134. The number of anilines is 2. The number of hydrogen-bond acceptors (Lipinski definition) is 10. The van der Waals surface area contributed by atoms with Crippen LogP contribution in [-0.2, 0) is 14.4 Å². The van der Waals surface area contributed by atoms with Gasteiger partial charge in [0.15, 0.2) is 11.5 Å². The first-order chi connectivity index (χ1) is 25.4. The number of carboxylic acids is 2. The van der Waals surface area contributed by atoms with Crippen molar-refractivity contribution >= 4 is 58.1 Å². The zero-order valence-electron chi connectivity index (χ0n) is 29.2. The van der Waals surface area contributed by atoms with Crippen LogP contribution >= 0.6 is 23.2 Å². The molecule has 53 heavy (non-hydrogen) atoms. The summed E-state index contributed by atoms with van der Waals surface area (Å²) in [6.45, 7) is 1.61. The number of ether oxygens (including phenoxy) is 3. The molecule has 1 unspecified atom stereocenters. The van der Waals surface area contributed by atoms with Gasteiger partial charge in [0.05, 0.1) is 60.0 Å². The molecule has 1 amide bonds. The fraction of sp³-hybridized carbons (Fsp3) is 0.316. The number of hydrogen-bond donors (Lipinski definition) is 5. The van der Waals surface area contributed by atoms with Crippen LogP contribution in [0.5, 0.6) is 17.2 Å². The van der Waals surface area contributed by atoms with Crippen molar-refractivity contribution in [2.45, 2.75) is 31.8 Å². The van der Waals surface area contributed by atoms with E-state index >= 15 is 0 Å². The Morgan fingerprint density at radius 2 is 1.57 bits per heavy atom. The molecule has 0 saturated heterocycles. The minimum absolute atomic E-state index is 0.00749. The maximum Gasteiger partial charge on any atom is 0.328 e. The van der Waals surface area contributed by atoms with E-state index in [4.69, 9.17) is 58.5 Å². The molecule has 5 rings (SSSR count). The summed E-state index contributed by atoms with van der Waals surface area (Å²) in [7, 11) is 3.21. The van der Waals surface area contributed by atoms with Gasteiger partial charge in [0, 0.05) is 30.2 Å². The van der Waals surface area contributed by atoms with Crippen LogP contribution in [0.3, 0.4) is 0 Å². The van der Waals surface area contributed by atoms with Gasteiger partial charge in [-0.1, -0.05) is 35.4 Å². The highest BCUT2D eigenvalue weighted by Crippen LogP contribution is 2.38. The molecule has 3 aromatic rings. The van der Waals surface area contributed by atoms with E-state index in [9.17, 15) is 19.5 Å². The van der Waals surface area contributed by atoms with Crippen LogP contribution in [-0.4, -0.2) is 72.8 Å². The maximum atomic E-state index is 13.6. The van der Waals surface area contributed by atoms with Gasteiger partial charge in [0.2, 0.25) is 0 Å². The minimum atomic E-state index is -1.26. The Bertz CT molecular complexity index is 1810. The standard InChI is InChI=1S/C34H38Cl2N4O5.C4H4O4/c1-43-30-14-9-21(19-31(30)44-2)33-25-7-3-4-8-26(25)34(42)40(39-33)23-10-12-24(13-11-23)45-16-6-5-15-38-20-29(41)22-17-27(35)32(37)28(36)18-22;5-3(6)1-2-4(7)8/h3-4,9-14,17-19,25-26,29,38,41H,5-8,15-16,20,37H2,1-2H3;1-2H,(H,5,6)(H,7,8)/t25-,26+,29?;/m0./s1. The molecule has 2 aliphatic rings. The van der Waals surface area contributed by atoms with Gasteiger partial charge in [-0.25, -0.2) is 14.6 Å². The molecule has 15 heteroatoms. The minimum Gasteiger partial charge on any atom is -0.494 e. The summed E-state index contributed by atoms with van der Waals surface area (Å²) in [5.41, 5.74) is 9.13. The van der Waals surface area contributed by atoms with E-state index in [1.54, 1.807) is 26.4 Å². The molecule has 13 nitrogen and oxygen atoms in total. The quantitative estimate of drug-likeness (QED) is 0.0518. The molecule has 0 radical (unpaired) electrons. The highest BCUT2D eigenvalue weighted by molar-refractivity contribution is 6.38. The third-order valence-corrected chi connectivity index (χ3v) is 9.11. The fourth-order valence-electron chi connectivity index (χ4n) is 5.75. The van der Waals surface area contributed by atoms with E-state index < -0.39 is 18.0 Å². The highest BCUT2D eigenvalue weighted by Gasteiger charge is 2.40. The summed E-state index contributed by atoms with van der Waals surface area (Å²) in [6.07, 6.45) is 7.69. The first kappa shape index (κ1) is 40.7. The third-order valence-electron chi connectivity index (χ3n) is 8.49. The number of nitrogens with one attached hydrogen (secondary N) is 1. The molecule has 282 valence electrons. The van der Waals surface area contributed by atoms with E-state index in [-0.39, 0.29) is 17.7 Å². The topological polar surface area (TPSA) is 193 Å². The molecular formula is C38H42Cl2N4O9. The number of carbonyl (C=O) groups excluding carboxylic acids is 1. The summed E-state index contributed by atoms with van der Waals surface area (Å²) in [6, 6.07) is 16.4. The number of nitrogens with two attached hydrogens (primary N) is 1. The van der Waals surface area contributed by atoms with Crippen LogP contribution in [0.15, 0.2) is 84.0 Å². The van der Waals surface area contributed by atoms with Crippen molar-refractivity contribution in [1.29, 1.82) is 0 Å². The van der Waals surface area contributed by atoms with Gasteiger partial charge >= 0.3 is 11.9 Å². The van der Waals surface area contributed by atoms with E-state index in [0.717, 1.165) is 30.5 Å². The first-order valence-electron chi connectivity index (χ1n) is 16.7. The number of halogens is 2. The summed E-state index contributed by atoms with van der Waals surface area (Å²) >= 11 is 12.1. The van der Waals surface area contributed by atoms with Crippen molar-refractivity contribution in [1.82, 2.24) is 5.32 Å². The molecule has 1 aliphatic carbocycles. The lowest BCUT2D eigenvalue weighted by atomic mass is 9.76. The predicted molar refractivity (Wildman–Crippen MR) is 203 cm³/mol. The van der Waals surface area contributed by atoms with Crippen molar-refractivity contribution in [3.05, 3.63) is 100 Å². The number of aliphatic carboxylic acids is 2. The number of benzene rings is 3. The molecule has 3 atom stereocenters. The Labute approximate surface area is 317 Å². The van der Waals surface area contributed by atoms with Crippen molar-refractivity contribution < 1.29 is 43.9 Å². The Kier molecular flexibility index (Phi) is 15.1. The number of nitrogen functional groups attached to an aromatic ring is 1. The second kappa shape index (κ2) is 19.7. The van der Waals surface area contributed by atoms with Crippen LogP contribution < -0.4 is 30.3 Å². The Hall–Kier alpha value is -5.08. The van der Waals surface area contributed by atoms with Crippen molar-refractivity contribution in [2.24, 2.45) is 16.9 Å². The monoisotopic (exact) mass is 768 g/mol. The van der Waals surface area contributed by atoms with Crippen molar-refractivity contribution in [2.75, 3.05) is 44.7 Å². The number of amides is 1. The van der Waals surface area contributed by atoms with Crippen LogP contribution in [0, 0.1) is 11.8 Å². The summed E-state index contributed by atoms with van der Waals surface area (Å²) < 4.78 is 16.9. The predicted octanol–water partition coefficient (Wildman–Crippen LogP) is 6.12. The number of rotatable bonds is 15. The van der Waals surface area contributed by atoms with Crippen LogP contribution in [0.4, 0.5) is 11.4 Å². The lowest BCUT2D eigenvalue weighted by Gasteiger charge is -2.37. The van der Waals surface area contributed by atoms with E-state index in [1.807, 2.05) is 42.5 Å². The van der Waals surface area contributed by atoms with Crippen molar-refractivity contribution in [3.63, 3.8) is 0 Å². The number of unbranched alkanes of at least 4 members (excludes halogenated alkanes) is 1. The largest absolute Gasteiger partial charge is 0.494 e. The second-order valence-corrected chi connectivity index (χ2v) is 12.9. The Morgan fingerprint density at radius 1 is 0.943 bits per heavy atom. The number of methoxy groups -OCH3 is 2. The molecule has 3 aromatic carbocycles. The van der Waals surface area contributed by atoms with Crippen LogP contribution in [0.2, 0.25) is 10.0 Å². The maximum absolute atomic E-state index is 13.6. The number of fused-ring (bicyclic) bond motifs is 1. The third kappa shape index (κ3) is 11.2. The van der Waals surface area contributed by atoms with E-state index in [2.05, 4.69) is 17.5 Å². The van der Waals surface area contributed by atoms with Crippen LogP contribution in [0.25, 0.3) is 0 Å². The van der Waals surface area contributed by atoms with Gasteiger partial charge in [-0.05, 0) is 92.4 Å². The molecule has 6 N–H and O–H groups in total. The van der Waals surface area contributed by atoms with Gasteiger partial charge in [0.1, 0.15) is 5.75 Å². The van der Waals surface area contributed by atoms with Gasteiger partial charge in [-0.15, -0.1) is 0 Å². The zero-order valence-corrected chi connectivity index (χ0v) is 30.7. The number of hydrazone groups is 1. The molecule has 0 spiro atoms. The van der Waals surface area contributed by atoms with Crippen LogP contribution in [0.1, 0.15) is 42.9 Å². The van der Waals surface area contributed by atoms with E-state index in [1.165, 1.54) is 5.01 Å². The number of allylic oxidation sites excluding steroid dienone is 2. The highest BCUT2D eigenvalue weighted by atomic mass is 35.5. The summed E-state index contributed by atoms with van der Waals surface area (Å²) in [4.78, 5) is 32.7. The average Bonchev–Trinajstić information content (AvgIpc) is 3.16. The van der Waals surface area contributed by atoms with E-state index in [0.29, 0.717) is 82.5 Å². The van der Waals surface area contributed by atoms with Crippen molar-refractivity contribution in [3.8, 4) is 17.2 Å². The molecular weight excluding hydrogens is 727 g/mol. The number of nitrogens with zero attached hydrogens (tertiary/aromatic N) is 2. The first-order valence-corrected chi connectivity index (χ1v) is 17.5. The Balaban J connectivity index is 0.000000703. The normalized spacial score (nSPS) is 17.0. The van der Waals surface area contributed by atoms with Gasteiger partial charge in [-0.3, -0.25) is 4.79 Å². The van der Waals surface area contributed by atoms with Gasteiger partial charge in [0.25, 0.3) is 5.91 Å². The zero-order chi connectivity index (χ0) is 38.5. The molecule has 0 bridgehead atoms. The fourth-order valence-corrected chi connectivity index (χ4v) is 6.25. The Morgan fingerprint density at radius 3 is 2.17 bits per heavy atom. The summed E-state index contributed by atoms with van der Waals surface area (Å²) in [5.74, 6) is -0.751. The molecule has 1 aliphatic heterocycles. The second-order valence-electron chi connectivity index (χ2n) is 12.0. The molecule has 0 saturated carbocycles. The number of carboxylic acid groups (broad SMARTS) is 2. The summed E-state index contributed by atoms with van der Waals surface area (Å²) in [5, 5.41) is 36.3. The SMILES string of the molecule is COc1ccc(C2=NN(c3ccc(OCCCCNCC(O)c4cc(Cl)c(N)c(Cl)c4)cc3)C(=O)[C@@H]3CC=CC[C@H]23)cc1OC.O=C(O)C=CC(=O)O. The average molecular weight is 770 g/mol. The molecule has 1 heterocycles. The number of aliphatic hydroxyl groups excluding tert-OH is 1. The molecule has 0 fully saturated rings. The number of carbonyl (C=O) groups is 3. The molecule has 0 aromatic heterocycles. The number of aliphatic hydroxyl groups is 1.